The number of H-pyrrole nitrogens is 1. The van der Waals surface area contributed by atoms with Crippen LogP contribution in [0.3, 0.4) is 0 Å². The number of likely N-dealkylation sites (tertiary alicyclic amines) is 1. The zero-order valence-electron chi connectivity index (χ0n) is 15.3. The molecule has 0 aromatic carbocycles. The Bertz CT molecular complexity index is 871. The molecule has 0 saturated carbocycles. The number of hydrogen-bond donors (Lipinski definition) is 1. The molecular formula is C18H23N5O4. The molecule has 1 atom stereocenters. The first-order valence-electron chi connectivity index (χ1n) is 9.33. The number of aryl methyl sites for hydroxylation is 1. The third-order valence-electron chi connectivity index (χ3n) is 5.08. The van der Waals surface area contributed by atoms with E-state index in [0.29, 0.717) is 63.2 Å². The summed E-state index contributed by atoms with van der Waals surface area (Å²) in [5, 5.41) is 3.86. The molecule has 0 bridgehead atoms. The van der Waals surface area contributed by atoms with Crippen molar-refractivity contribution in [2.24, 2.45) is 0 Å². The molecule has 4 rings (SSSR count). The van der Waals surface area contributed by atoms with Crippen molar-refractivity contribution in [2.75, 3.05) is 44.3 Å². The summed E-state index contributed by atoms with van der Waals surface area (Å²) in [6, 6.07) is 3.23. The number of aromatic amines is 1. The number of nitrogens with zero attached hydrogens (tertiary/aromatic N) is 4. The molecule has 2 saturated heterocycles. The average Bonchev–Trinajstić information content (AvgIpc) is 3.37. The zero-order valence-corrected chi connectivity index (χ0v) is 15.3. The molecule has 9 heteroatoms. The van der Waals surface area contributed by atoms with Crippen LogP contribution in [0.2, 0.25) is 0 Å². The van der Waals surface area contributed by atoms with Gasteiger partial charge in [-0.25, -0.2) is 4.98 Å². The number of nitrogens with one attached hydrogen (secondary N) is 1. The molecule has 27 heavy (non-hydrogen) atoms. The molecule has 1 amide bonds. The van der Waals surface area contributed by atoms with Crippen LogP contribution in [-0.2, 0) is 11.2 Å². The molecule has 0 unspecified atom stereocenters. The van der Waals surface area contributed by atoms with Crippen LogP contribution in [0.1, 0.15) is 41.2 Å². The summed E-state index contributed by atoms with van der Waals surface area (Å²) in [5.74, 6) is 1.17. The van der Waals surface area contributed by atoms with Crippen molar-refractivity contribution in [1.29, 1.82) is 0 Å². The summed E-state index contributed by atoms with van der Waals surface area (Å²) in [5.41, 5.74) is 0.890. The quantitative estimate of drug-likeness (QED) is 0.845. The fraction of sp³-hybridized carbons (Fsp3) is 0.556. The number of hydrogen-bond acceptors (Lipinski definition) is 7. The first kappa shape index (κ1) is 17.7. The van der Waals surface area contributed by atoms with Gasteiger partial charge in [-0.2, -0.15) is 0 Å². The average molecular weight is 373 g/mol. The highest BCUT2D eigenvalue weighted by atomic mass is 16.5. The summed E-state index contributed by atoms with van der Waals surface area (Å²) in [6.45, 7) is 5.73. The minimum atomic E-state index is -0.171. The van der Waals surface area contributed by atoms with E-state index >= 15 is 0 Å². The number of amides is 1. The Hall–Kier alpha value is -2.68. The Kier molecular flexibility index (Phi) is 4.93. The lowest BCUT2D eigenvalue weighted by Crippen LogP contribution is -2.38. The van der Waals surface area contributed by atoms with Crippen molar-refractivity contribution in [3.8, 4) is 0 Å². The zero-order chi connectivity index (χ0) is 18.8. The van der Waals surface area contributed by atoms with Gasteiger partial charge in [-0.1, -0.05) is 12.1 Å². The Labute approximate surface area is 156 Å². The Morgan fingerprint density at radius 3 is 2.85 bits per heavy atom. The highest BCUT2D eigenvalue weighted by molar-refractivity contribution is 5.92. The van der Waals surface area contributed by atoms with Crippen molar-refractivity contribution >= 4 is 11.9 Å². The molecule has 1 N–H and O–H groups in total. The number of rotatable bonds is 4. The summed E-state index contributed by atoms with van der Waals surface area (Å²) >= 11 is 0. The fourth-order valence-corrected chi connectivity index (χ4v) is 3.53. The van der Waals surface area contributed by atoms with E-state index in [-0.39, 0.29) is 17.4 Å². The molecule has 2 aliphatic heterocycles. The number of anilines is 1. The molecule has 2 aliphatic rings. The SMILES string of the molecule is CCc1cc(C(=O)N2CC[C@@H](c3cc(=O)[nH]c(N4CCOCC4)n3)C2)no1. The van der Waals surface area contributed by atoms with Gasteiger partial charge in [-0.15, -0.1) is 0 Å². The second-order valence-corrected chi connectivity index (χ2v) is 6.86. The molecule has 9 nitrogen and oxygen atoms in total. The minimum absolute atomic E-state index is 0.0357. The van der Waals surface area contributed by atoms with Gasteiger partial charge >= 0.3 is 0 Å². The monoisotopic (exact) mass is 373 g/mol. The first-order chi connectivity index (χ1) is 13.1. The van der Waals surface area contributed by atoms with E-state index in [4.69, 9.17) is 9.26 Å². The topological polar surface area (TPSA) is 105 Å². The molecule has 144 valence electrons. The molecule has 0 radical (unpaired) electrons. The van der Waals surface area contributed by atoms with Crippen molar-refractivity contribution in [3.05, 3.63) is 39.6 Å². The molecule has 2 fully saturated rings. The lowest BCUT2D eigenvalue weighted by molar-refractivity contribution is 0.0780. The Morgan fingerprint density at radius 1 is 1.30 bits per heavy atom. The number of carbonyl (C=O) groups excluding carboxylic acids is 1. The van der Waals surface area contributed by atoms with Crippen molar-refractivity contribution in [2.45, 2.75) is 25.7 Å². The van der Waals surface area contributed by atoms with Gasteiger partial charge in [0.15, 0.2) is 5.69 Å². The maximum absolute atomic E-state index is 12.6. The number of carbonyl (C=O) groups is 1. The van der Waals surface area contributed by atoms with Crippen LogP contribution in [0.15, 0.2) is 21.5 Å². The van der Waals surface area contributed by atoms with E-state index in [1.54, 1.807) is 11.0 Å². The smallest absolute Gasteiger partial charge is 0.276 e. The van der Waals surface area contributed by atoms with Crippen molar-refractivity contribution < 1.29 is 14.1 Å². The maximum atomic E-state index is 12.6. The van der Waals surface area contributed by atoms with Gasteiger partial charge < -0.3 is 19.1 Å². The van der Waals surface area contributed by atoms with Crippen molar-refractivity contribution in [3.63, 3.8) is 0 Å². The fourth-order valence-electron chi connectivity index (χ4n) is 3.53. The second kappa shape index (κ2) is 7.51. The van der Waals surface area contributed by atoms with Gasteiger partial charge in [-0.05, 0) is 6.42 Å². The third kappa shape index (κ3) is 3.73. The highest BCUT2D eigenvalue weighted by Crippen LogP contribution is 2.27. The molecular weight excluding hydrogens is 350 g/mol. The van der Waals surface area contributed by atoms with Crippen molar-refractivity contribution in [1.82, 2.24) is 20.0 Å². The van der Waals surface area contributed by atoms with E-state index in [0.717, 1.165) is 12.1 Å². The minimum Gasteiger partial charge on any atom is -0.378 e. The van der Waals surface area contributed by atoms with Crippen LogP contribution in [-0.4, -0.2) is 65.3 Å². The van der Waals surface area contributed by atoms with E-state index in [9.17, 15) is 9.59 Å². The molecule has 0 aliphatic carbocycles. The first-order valence-corrected chi connectivity index (χ1v) is 9.33. The summed E-state index contributed by atoms with van der Waals surface area (Å²) in [6.07, 6.45) is 1.47. The lowest BCUT2D eigenvalue weighted by atomic mass is 10.1. The van der Waals surface area contributed by atoms with Crippen LogP contribution < -0.4 is 10.5 Å². The van der Waals surface area contributed by atoms with Gasteiger partial charge in [0, 0.05) is 50.7 Å². The summed E-state index contributed by atoms with van der Waals surface area (Å²) in [4.78, 5) is 36.0. The predicted octanol–water partition coefficient (Wildman–Crippen LogP) is 0.787. The van der Waals surface area contributed by atoms with E-state index < -0.39 is 0 Å². The number of ether oxygens (including phenoxy) is 1. The van der Waals surface area contributed by atoms with E-state index in [2.05, 4.69) is 15.1 Å². The lowest BCUT2D eigenvalue weighted by Gasteiger charge is -2.27. The summed E-state index contributed by atoms with van der Waals surface area (Å²) in [7, 11) is 0. The van der Waals surface area contributed by atoms with Crippen LogP contribution in [0.5, 0.6) is 0 Å². The Balaban J connectivity index is 1.49. The largest absolute Gasteiger partial charge is 0.378 e. The normalized spacial score (nSPS) is 20.3. The molecule has 2 aromatic heterocycles. The number of morpholine rings is 1. The second-order valence-electron chi connectivity index (χ2n) is 6.86. The van der Waals surface area contributed by atoms with Gasteiger partial charge in [0.25, 0.3) is 11.5 Å². The van der Waals surface area contributed by atoms with Gasteiger partial charge in [0.1, 0.15) is 5.76 Å². The highest BCUT2D eigenvalue weighted by Gasteiger charge is 2.31. The summed E-state index contributed by atoms with van der Waals surface area (Å²) < 4.78 is 10.5. The standard InChI is InChI=1S/C18H23N5O4/c1-2-13-9-15(21-27-13)17(25)23-4-3-12(11-23)14-10-16(24)20-18(19-14)22-5-7-26-8-6-22/h9-10,12H,2-8,11H2,1H3,(H,19,20,24)/t12-/m1/s1. The van der Waals surface area contributed by atoms with Crippen LogP contribution >= 0.6 is 0 Å². The van der Waals surface area contributed by atoms with Gasteiger partial charge in [0.05, 0.1) is 18.9 Å². The van der Waals surface area contributed by atoms with Gasteiger partial charge in [-0.3, -0.25) is 14.6 Å². The molecule has 0 spiro atoms. The van der Waals surface area contributed by atoms with Crippen LogP contribution in [0.4, 0.5) is 5.95 Å². The molecule has 4 heterocycles. The maximum Gasteiger partial charge on any atom is 0.276 e. The van der Waals surface area contributed by atoms with Crippen LogP contribution in [0, 0.1) is 0 Å². The van der Waals surface area contributed by atoms with E-state index in [1.165, 1.54) is 6.07 Å². The Morgan fingerprint density at radius 2 is 2.11 bits per heavy atom. The third-order valence-corrected chi connectivity index (χ3v) is 5.08. The predicted molar refractivity (Wildman–Crippen MR) is 97.0 cm³/mol. The number of aromatic nitrogens is 3. The van der Waals surface area contributed by atoms with E-state index in [1.807, 2.05) is 11.8 Å². The molecule has 2 aromatic rings. The van der Waals surface area contributed by atoms with Crippen LogP contribution in [0.25, 0.3) is 0 Å². The van der Waals surface area contributed by atoms with Gasteiger partial charge in [0.2, 0.25) is 5.95 Å².